The molecule has 0 aromatic heterocycles. The quantitative estimate of drug-likeness (QED) is 0.667. The van der Waals surface area contributed by atoms with Gasteiger partial charge in [0.25, 0.3) is 0 Å². The molecule has 1 heteroatoms. The van der Waals surface area contributed by atoms with Gasteiger partial charge in [0.05, 0.1) is 0 Å². The second-order valence-electron chi connectivity index (χ2n) is 3.77. The third-order valence-electron chi connectivity index (χ3n) is 2.43. The molecule has 0 atom stereocenters. The van der Waals surface area contributed by atoms with Gasteiger partial charge >= 0.3 is 0 Å². The standard InChI is InChI=1S/C13H15N/c1-10-7-12(9-13(14)8-10)11-5-3-2-4-6-11/h3,5-9H,2,4,14H2,1H3. The molecule has 0 amide bonds. The lowest BCUT2D eigenvalue weighted by atomic mass is 9.98. The zero-order valence-corrected chi connectivity index (χ0v) is 8.46. The lowest BCUT2D eigenvalue weighted by Gasteiger charge is -2.09. The van der Waals surface area contributed by atoms with Crippen molar-refractivity contribution in [2.75, 3.05) is 5.73 Å². The number of hydrogen-bond acceptors (Lipinski definition) is 1. The van der Waals surface area contributed by atoms with E-state index in [1.54, 1.807) is 0 Å². The lowest BCUT2D eigenvalue weighted by molar-refractivity contribution is 1.04. The Kier molecular flexibility index (Phi) is 2.40. The van der Waals surface area contributed by atoms with Gasteiger partial charge in [-0.2, -0.15) is 0 Å². The predicted molar refractivity (Wildman–Crippen MR) is 61.9 cm³/mol. The van der Waals surface area contributed by atoms with Crippen LogP contribution in [-0.4, -0.2) is 0 Å². The van der Waals surface area contributed by atoms with Crippen LogP contribution in [0.3, 0.4) is 0 Å². The minimum atomic E-state index is 0.847. The van der Waals surface area contributed by atoms with E-state index in [1.165, 1.54) is 16.7 Å². The van der Waals surface area contributed by atoms with Gasteiger partial charge in [-0.1, -0.05) is 24.3 Å². The van der Waals surface area contributed by atoms with Crippen LogP contribution in [0.5, 0.6) is 0 Å². The fraction of sp³-hybridized carbons (Fsp3) is 0.231. The smallest absolute Gasteiger partial charge is 0.0322 e. The molecule has 1 aromatic carbocycles. The summed E-state index contributed by atoms with van der Waals surface area (Å²) in [5.74, 6) is 0. The first-order valence-corrected chi connectivity index (χ1v) is 5.00. The van der Waals surface area contributed by atoms with E-state index in [0.717, 1.165) is 18.5 Å². The molecule has 0 fully saturated rings. The van der Waals surface area contributed by atoms with Crippen molar-refractivity contribution in [2.24, 2.45) is 0 Å². The number of hydrogen-bond donors (Lipinski definition) is 1. The third kappa shape index (κ3) is 1.87. The van der Waals surface area contributed by atoms with Crippen LogP contribution in [0.1, 0.15) is 24.0 Å². The number of nitrogen functional groups attached to an aromatic ring is 1. The van der Waals surface area contributed by atoms with Gasteiger partial charge in [-0.25, -0.2) is 0 Å². The zero-order chi connectivity index (χ0) is 9.97. The number of anilines is 1. The van der Waals surface area contributed by atoms with Gasteiger partial charge in [0.2, 0.25) is 0 Å². The summed E-state index contributed by atoms with van der Waals surface area (Å²) in [6, 6.07) is 6.21. The molecule has 1 aromatic rings. The Bertz CT molecular complexity index is 379. The second kappa shape index (κ2) is 3.70. The van der Waals surface area contributed by atoms with Crippen molar-refractivity contribution < 1.29 is 0 Å². The highest BCUT2D eigenvalue weighted by molar-refractivity contribution is 5.76. The Balaban J connectivity index is 2.40. The summed E-state index contributed by atoms with van der Waals surface area (Å²) >= 11 is 0. The number of nitrogens with two attached hydrogens (primary N) is 1. The van der Waals surface area contributed by atoms with Crippen LogP contribution in [0.15, 0.2) is 36.4 Å². The first-order chi connectivity index (χ1) is 6.75. The van der Waals surface area contributed by atoms with E-state index in [2.05, 4.69) is 31.2 Å². The van der Waals surface area contributed by atoms with Gasteiger partial charge in [0.1, 0.15) is 0 Å². The van der Waals surface area contributed by atoms with Crippen LogP contribution in [0.4, 0.5) is 5.69 Å². The molecule has 0 saturated heterocycles. The van der Waals surface area contributed by atoms with Crippen LogP contribution < -0.4 is 5.73 Å². The van der Waals surface area contributed by atoms with E-state index >= 15 is 0 Å². The van der Waals surface area contributed by atoms with E-state index in [9.17, 15) is 0 Å². The lowest BCUT2D eigenvalue weighted by Crippen LogP contribution is -1.91. The topological polar surface area (TPSA) is 26.0 Å². The SMILES string of the molecule is Cc1cc(N)cc(C2=CCCC=C2)c1. The van der Waals surface area contributed by atoms with E-state index < -0.39 is 0 Å². The van der Waals surface area contributed by atoms with Crippen LogP contribution in [-0.2, 0) is 0 Å². The number of rotatable bonds is 1. The van der Waals surface area contributed by atoms with Crippen LogP contribution in [0.2, 0.25) is 0 Å². The summed E-state index contributed by atoms with van der Waals surface area (Å²) in [6.07, 6.45) is 8.96. The molecule has 1 nitrogen and oxygen atoms in total. The van der Waals surface area contributed by atoms with Gasteiger partial charge in [-0.3, -0.25) is 0 Å². The molecule has 0 saturated carbocycles. The maximum atomic E-state index is 5.81. The van der Waals surface area contributed by atoms with Crippen molar-refractivity contribution in [3.63, 3.8) is 0 Å². The Hall–Kier alpha value is -1.50. The molecule has 72 valence electrons. The average molecular weight is 185 g/mol. The summed E-state index contributed by atoms with van der Waals surface area (Å²) in [6.45, 7) is 2.08. The first-order valence-electron chi connectivity index (χ1n) is 5.00. The van der Waals surface area contributed by atoms with Crippen molar-refractivity contribution in [3.05, 3.63) is 47.6 Å². The van der Waals surface area contributed by atoms with Gasteiger partial charge in [0.15, 0.2) is 0 Å². The molecule has 1 aliphatic carbocycles. The summed E-state index contributed by atoms with van der Waals surface area (Å²) in [4.78, 5) is 0. The Morgan fingerprint density at radius 1 is 1.14 bits per heavy atom. The van der Waals surface area contributed by atoms with Crippen molar-refractivity contribution in [3.8, 4) is 0 Å². The number of benzene rings is 1. The Labute approximate surface area is 84.9 Å². The highest BCUT2D eigenvalue weighted by Gasteiger charge is 2.02. The van der Waals surface area contributed by atoms with Crippen LogP contribution >= 0.6 is 0 Å². The normalized spacial score (nSPS) is 15.4. The summed E-state index contributed by atoms with van der Waals surface area (Å²) in [7, 11) is 0. The molecule has 0 heterocycles. The van der Waals surface area contributed by atoms with E-state index in [4.69, 9.17) is 5.73 Å². The first kappa shape index (κ1) is 9.07. The predicted octanol–water partition coefficient (Wildman–Crippen LogP) is 3.31. The largest absolute Gasteiger partial charge is 0.399 e. The van der Waals surface area contributed by atoms with E-state index in [1.807, 2.05) is 12.1 Å². The van der Waals surface area contributed by atoms with Gasteiger partial charge < -0.3 is 5.73 Å². The molecular formula is C13H15N. The average Bonchev–Trinajstić information content (AvgIpc) is 2.18. The highest BCUT2D eigenvalue weighted by atomic mass is 14.5. The Morgan fingerprint density at radius 2 is 2.00 bits per heavy atom. The summed E-state index contributed by atoms with van der Waals surface area (Å²) in [5, 5.41) is 0. The van der Waals surface area contributed by atoms with Crippen molar-refractivity contribution in [1.29, 1.82) is 0 Å². The number of aryl methyl sites for hydroxylation is 1. The fourth-order valence-corrected chi connectivity index (χ4v) is 1.81. The van der Waals surface area contributed by atoms with Crippen molar-refractivity contribution in [1.82, 2.24) is 0 Å². The minimum absolute atomic E-state index is 0.847. The van der Waals surface area contributed by atoms with Crippen LogP contribution in [0.25, 0.3) is 5.57 Å². The molecule has 0 bridgehead atoms. The molecular weight excluding hydrogens is 170 g/mol. The maximum absolute atomic E-state index is 5.81. The van der Waals surface area contributed by atoms with E-state index in [-0.39, 0.29) is 0 Å². The molecule has 0 radical (unpaired) electrons. The van der Waals surface area contributed by atoms with Crippen molar-refractivity contribution >= 4 is 11.3 Å². The highest BCUT2D eigenvalue weighted by Crippen LogP contribution is 2.24. The monoisotopic (exact) mass is 185 g/mol. The summed E-state index contributed by atoms with van der Waals surface area (Å²) in [5.41, 5.74) is 10.4. The van der Waals surface area contributed by atoms with Gasteiger partial charge in [0, 0.05) is 5.69 Å². The zero-order valence-electron chi connectivity index (χ0n) is 8.46. The third-order valence-corrected chi connectivity index (χ3v) is 2.43. The maximum Gasteiger partial charge on any atom is 0.0322 e. The second-order valence-corrected chi connectivity index (χ2v) is 3.77. The van der Waals surface area contributed by atoms with Crippen LogP contribution in [0, 0.1) is 6.92 Å². The molecule has 1 aliphatic rings. The minimum Gasteiger partial charge on any atom is -0.399 e. The molecule has 2 N–H and O–H groups in total. The Morgan fingerprint density at radius 3 is 2.64 bits per heavy atom. The molecule has 2 rings (SSSR count). The molecule has 14 heavy (non-hydrogen) atoms. The van der Waals surface area contributed by atoms with Gasteiger partial charge in [-0.15, -0.1) is 0 Å². The number of allylic oxidation sites excluding steroid dienone is 4. The van der Waals surface area contributed by atoms with E-state index in [0.29, 0.717) is 0 Å². The fourth-order valence-electron chi connectivity index (χ4n) is 1.81. The van der Waals surface area contributed by atoms with Crippen molar-refractivity contribution in [2.45, 2.75) is 19.8 Å². The molecule has 0 spiro atoms. The van der Waals surface area contributed by atoms with Gasteiger partial charge in [-0.05, 0) is 48.6 Å². The molecule has 0 unspecified atom stereocenters. The summed E-state index contributed by atoms with van der Waals surface area (Å²) < 4.78 is 0. The molecule has 0 aliphatic heterocycles.